The van der Waals surface area contributed by atoms with Crippen LogP contribution in [0.2, 0.25) is 0 Å². The average Bonchev–Trinajstić information content (AvgIpc) is 3.42. The Morgan fingerprint density at radius 1 is 0.941 bits per heavy atom. The highest BCUT2D eigenvalue weighted by molar-refractivity contribution is 5.94. The number of hydrogen-bond acceptors (Lipinski definition) is 12. The van der Waals surface area contributed by atoms with Gasteiger partial charge < -0.3 is 33.7 Å². The first kappa shape index (κ1) is 28.3. The second-order valence-electron chi connectivity index (χ2n) is 6.99. The molecular weight excluding hydrogens is 460 g/mol. The minimum absolute atomic E-state index is 0.0735. The first-order valence-corrected chi connectivity index (χ1v) is 10.1. The van der Waals surface area contributed by atoms with E-state index in [1.54, 1.807) is 11.0 Å². The summed E-state index contributed by atoms with van der Waals surface area (Å²) in [4.78, 5) is 68.6. The molecule has 0 spiro atoms. The van der Waals surface area contributed by atoms with Crippen LogP contribution < -0.4 is 0 Å². The van der Waals surface area contributed by atoms with Gasteiger partial charge in [0.2, 0.25) is 18.1 Å². The summed E-state index contributed by atoms with van der Waals surface area (Å²) in [6.45, 7) is 3.31. The molecule has 3 heterocycles. The monoisotopic (exact) mass is 486 g/mol. The van der Waals surface area contributed by atoms with Gasteiger partial charge in [0.25, 0.3) is 0 Å². The molecule has 0 aromatic heterocycles. The molecule has 0 aliphatic carbocycles. The maximum atomic E-state index is 12.2. The molecule has 0 radical (unpaired) electrons. The lowest BCUT2D eigenvalue weighted by Gasteiger charge is -2.29. The minimum atomic E-state index is -1.30. The van der Waals surface area contributed by atoms with Crippen LogP contribution in [0.3, 0.4) is 0 Å². The van der Waals surface area contributed by atoms with Crippen LogP contribution in [0, 0.1) is 23.2 Å². The predicted octanol–water partition coefficient (Wildman–Crippen LogP) is -1.34. The summed E-state index contributed by atoms with van der Waals surface area (Å²) in [6, 6.07) is 1.75. The predicted molar refractivity (Wildman–Crippen MR) is 106 cm³/mol. The SMILES string of the molecule is CC#N.COC(=O)[C@@H]1OC(=O)C[C@@H]1C(=O)N1CCOCC1.COC(=O)[C@@H]1OC(=O)C[C@@H]1C(=O)O. The topological polar surface area (TPSA) is 196 Å². The number of rotatable bonds is 4. The van der Waals surface area contributed by atoms with Gasteiger partial charge in [0.1, 0.15) is 5.92 Å². The highest BCUT2D eigenvalue weighted by Gasteiger charge is 2.47. The fraction of sp³-hybridized carbons (Fsp3) is 0.650. The van der Waals surface area contributed by atoms with Gasteiger partial charge in [-0.3, -0.25) is 19.2 Å². The van der Waals surface area contributed by atoms with Crippen LogP contribution in [0.1, 0.15) is 19.8 Å². The highest BCUT2D eigenvalue weighted by Crippen LogP contribution is 2.26. The van der Waals surface area contributed by atoms with E-state index in [4.69, 9.17) is 19.8 Å². The van der Waals surface area contributed by atoms with Crippen molar-refractivity contribution in [2.75, 3.05) is 40.5 Å². The van der Waals surface area contributed by atoms with E-state index >= 15 is 0 Å². The molecular formula is C20H26N2O12. The van der Waals surface area contributed by atoms with Gasteiger partial charge in [-0.25, -0.2) is 9.59 Å². The van der Waals surface area contributed by atoms with E-state index in [9.17, 15) is 28.8 Å². The number of cyclic esters (lactones) is 2. The number of carboxylic acid groups (broad SMARTS) is 1. The molecule has 0 bridgehead atoms. The summed E-state index contributed by atoms with van der Waals surface area (Å²) in [5.41, 5.74) is 0. The maximum absolute atomic E-state index is 12.2. The molecule has 0 aromatic carbocycles. The van der Waals surface area contributed by atoms with Gasteiger partial charge >= 0.3 is 29.8 Å². The summed E-state index contributed by atoms with van der Waals surface area (Å²) in [7, 11) is 2.30. The Labute approximate surface area is 194 Å². The van der Waals surface area contributed by atoms with Crippen LogP contribution in [0.5, 0.6) is 0 Å². The van der Waals surface area contributed by atoms with Gasteiger partial charge in [-0.05, 0) is 0 Å². The second kappa shape index (κ2) is 13.7. The highest BCUT2D eigenvalue weighted by atomic mass is 16.6. The van der Waals surface area contributed by atoms with Crippen molar-refractivity contribution in [2.24, 2.45) is 11.8 Å². The quantitative estimate of drug-likeness (QED) is 0.362. The first-order valence-electron chi connectivity index (χ1n) is 10.1. The molecule has 3 aliphatic rings. The summed E-state index contributed by atoms with van der Waals surface area (Å²) in [5, 5.41) is 15.9. The van der Waals surface area contributed by atoms with Crippen molar-refractivity contribution in [3.8, 4) is 6.07 Å². The number of carboxylic acids is 1. The summed E-state index contributed by atoms with van der Waals surface area (Å²) < 4.78 is 23.3. The van der Waals surface area contributed by atoms with E-state index in [-0.39, 0.29) is 18.7 Å². The summed E-state index contributed by atoms with van der Waals surface area (Å²) >= 11 is 0. The summed E-state index contributed by atoms with van der Waals surface area (Å²) in [5.74, 6) is -6.14. The first-order chi connectivity index (χ1) is 16.1. The van der Waals surface area contributed by atoms with Gasteiger partial charge in [0.05, 0.1) is 52.3 Å². The van der Waals surface area contributed by atoms with E-state index in [1.165, 1.54) is 14.0 Å². The second-order valence-corrected chi connectivity index (χ2v) is 6.99. The van der Waals surface area contributed by atoms with Crippen molar-refractivity contribution in [1.29, 1.82) is 5.26 Å². The maximum Gasteiger partial charge on any atom is 0.348 e. The molecule has 3 saturated heterocycles. The molecule has 0 aromatic rings. The zero-order valence-corrected chi connectivity index (χ0v) is 18.9. The zero-order valence-electron chi connectivity index (χ0n) is 18.9. The molecule has 1 amide bonds. The van der Waals surface area contributed by atoms with E-state index in [0.717, 1.165) is 7.11 Å². The molecule has 14 nitrogen and oxygen atoms in total. The Bertz CT molecular complexity index is 830. The van der Waals surface area contributed by atoms with Crippen LogP contribution in [0.25, 0.3) is 0 Å². The number of nitriles is 1. The Balaban J connectivity index is 0.000000318. The Kier molecular flexibility index (Phi) is 11.4. The fourth-order valence-corrected chi connectivity index (χ4v) is 3.23. The molecule has 4 atom stereocenters. The van der Waals surface area contributed by atoms with Crippen molar-refractivity contribution in [2.45, 2.75) is 32.0 Å². The van der Waals surface area contributed by atoms with Crippen molar-refractivity contribution < 1.29 is 57.6 Å². The van der Waals surface area contributed by atoms with Gasteiger partial charge in [0, 0.05) is 20.0 Å². The van der Waals surface area contributed by atoms with Crippen molar-refractivity contribution in [3.63, 3.8) is 0 Å². The van der Waals surface area contributed by atoms with Crippen LogP contribution in [0.4, 0.5) is 0 Å². The number of esters is 4. The lowest BCUT2D eigenvalue weighted by molar-refractivity contribution is -0.163. The van der Waals surface area contributed by atoms with E-state index in [1.807, 2.05) is 0 Å². The molecule has 3 aliphatic heterocycles. The number of ether oxygens (including phenoxy) is 5. The van der Waals surface area contributed by atoms with Crippen molar-refractivity contribution in [3.05, 3.63) is 0 Å². The Morgan fingerprint density at radius 2 is 1.35 bits per heavy atom. The molecule has 0 saturated carbocycles. The number of carbonyl (C=O) groups excluding carboxylic acids is 5. The standard InChI is InChI=1S/C11H15NO6.C7H8O6.C2H3N/c1-16-11(15)9-7(6-8(13)18-9)10(14)12-2-4-17-5-3-12;1-12-7(11)5-3(6(9)10)2-4(8)13-5;1-2-3/h7,9H,2-6H2,1H3;3,5H,2H2,1H3,(H,9,10);1H3/t7-,9+;3-,5+;/m00./s1. The number of aliphatic carboxylic acids is 1. The lowest BCUT2D eigenvalue weighted by Crippen LogP contribution is -2.46. The molecule has 14 heteroatoms. The number of amides is 1. The van der Waals surface area contributed by atoms with Gasteiger partial charge in [0.15, 0.2) is 0 Å². The zero-order chi connectivity index (χ0) is 25.8. The van der Waals surface area contributed by atoms with Gasteiger partial charge in [-0.2, -0.15) is 5.26 Å². The van der Waals surface area contributed by atoms with Gasteiger partial charge in [-0.15, -0.1) is 0 Å². The van der Waals surface area contributed by atoms with E-state index < -0.39 is 53.9 Å². The molecule has 3 fully saturated rings. The van der Waals surface area contributed by atoms with Crippen LogP contribution in [-0.4, -0.2) is 98.5 Å². The van der Waals surface area contributed by atoms with E-state index in [0.29, 0.717) is 26.3 Å². The number of carbonyl (C=O) groups is 6. The molecule has 3 rings (SSSR count). The molecule has 188 valence electrons. The fourth-order valence-electron chi connectivity index (χ4n) is 3.23. The number of hydrogen-bond donors (Lipinski definition) is 1. The molecule has 1 N–H and O–H groups in total. The molecule has 34 heavy (non-hydrogen) atoms. The normalized spacial score (nSPS) is 25.2. The van der Waals surface area contributed by atoms with Crippen molar-refractivity contribution in [1.82, 2.24) is 4.90 Å². The average molecular weight is 486 g/mol. The minimum Gasteiger partial charge on any atom is -0.481 e. The Hall–Kier alpha value is -3.73. The summed E-state index contributed by atoms with van der Waals surface area (Å²) in [6.07, 6.45) is -2.77. The third-order valence-corrected chi connectivity index (χ3v) is 4.85. The number of morpholine rings is 1. The van der Waals surface area contributed by atoms with Crippen LogP contribution in [0.15, 0.2) is 0 Å². The number of nitrogens with zero attached hydrogens (tertiary/aromatic N) is 2. The largest absolute Gasteiger partial charge is 0.481 e. The number of methoxy groups -OCH3 is 2. The van der Waals surface area contributed by atoms with Crippen LogP contribution >= 0.6 is 0 Å². The van der Waals surface area contributed by atoms with E-state index in [2.05, 4.69) is 14.2 Å². The van der Waals surface area contributed by atoms with Crippen molar-refractivity contribution >= 4 is 35.8 Å². The third-order valence-electron chi connectivity index (χ3n) is 4.85. The van der Waals surface area contributed by atoms with Crippen LogP contribution in [-0.2, 0) is 52.5 Å². The smallest absolute Gasteiger partial charge is 0.348 e. The third kappa shape index (κ3) is 7.69. The Morgan fingerprint density at radius 3 is 1.76 bits per heavy atom. The lowest BCUT2D eigenvalue weighted by atomic mass is 9.99. The molecule has 0 unspecified atom stereocenters. The van der Waals surface area contributed by atoms with Gasteiger partial charge in [-0.1, -0.05) is 0 Å².